The number of hydrogen-bond acceptors (Lipinski definition) is 2. The maximum Gasteiger partial charge on any atom is 0.233 e. The van der Waals surface area contributed by atoms with Gasteiger partial charge < -0.3 is 4.90 Å². The van der Waals surface area contributed by atoms with Crippen molar-refractivity contribution in [2.75, 3.05) is 7.05 Å². The summed E-state index contributed by atoms with van der Waals surface area (Å²) < 4.78 is 0. The number of benzene rings is 1. The van der Waals surface area contributed by atoms with Crippen molar-refractivity contribution in [2.24, 2.45) is 0 Å². The lowest BCUT2D eigenvalue weighted by Gasteiger charge is -2.10. The van der Waals surface area contributed by atoms with Gasteiger partial charge >= 0.3 is 0 Å². The van der Waals surface area contributed by atoms with Crippen molar-refractivity contribution in [3.05, 3.63) is 48.2 Å². The van der Waals surface area contributed by atoms with Crippen molar-refractivity contribution in [2.45, 2.75) is 19.8 Å². The zero-order chi connectivity index (χ0) is 12.7. The Kier molecular flexibility index (Phi) is 5.14. The van der Waals surface area contributed by atoms with Crippen LogP contribution in [-0.2, 0) is 16.0 Å². The number of Topliss-reactive ketones (excluding diaryl/α,β-unsaturated/α-hetero) is 1. The second-order valence-corrected chi connectivity index (χ2v) is 3.96. The minimum atomic E-state index is -0.179. The average molecular weight is 231 g/mol. The molecule has 1 aromatic rings. The van der Waals surface area contributed by atoms with Crippen molar-refractivity contribution >= 4 is 11.7 Å². The van der Waals surface area contributed by atoms with E-state index < -0.39 is 0 Å². The molecule has 0 aromatic heterocycles. The third kappa shape index (κ3) is 5.11. The highest BCUT2D eigenvalue weighted by molar-refractivity contribution is 5.97. The molecule has 0 atom stereocenters. The minimum absolute atomic E-state index is 0.0355. The zero-order valence-electron chi connectivity index (χ0n) is 10.2. The molecule has 17 heavy (non-hydrogen) atoms. The van der Waals surface area contributed by atoms with E-state index in [0.717, 1.165) is 6.42 Å². The van der Waals surface area contributed by atoms with Gasteiger partial charge in [0.05, 0.1) is 6.42 Å². The standard InChI is InChI=1S/C14H17NO2/c1-12(16)11-14(17)15(2)10-6-9-13-7-4-3-5-8-13/h3-8,10H,9,11H2,1-2H3. The van der Waals surface area contributed by atoms with E-state index in [-0.39, 0.29) is 18.1 Å². The maximum absolute atomic E-state index is 11.4. The van der Waals surface area contributed by atoms with E-state index in [1.807, 2.05) is 36.4 Å². The van der Waals surface area contributed by atoms with Crippen LogP contribution in [0.25, 0.3) is 0 Å². The van der Waals surface area contributed by atoms with Crippen LogP contribution < -0.4 is 0 Å². The first-order valence-corrected chi connectivity index (χ1v) is 5.55. The van der Waals surface area contributed by atoms with Gasteiger partial charge in [0.1, 0.15) is 5.78 Å². The molecule has 0 saturated heterocycles. The molecule has 1 rings (SSSR count). The quantitative estimate of drug-likeness (QED) is 0.728. The van der Waals surface area contributed by atoms with Crippen LogP contribution in [0.5, 0.6) is 0 Å². The summed E-state index contributed by atoms with van der Waals surface area (Å²) in [6, 6.07) is 9.99. The predicted octanol–water partition coefficient (Wildman–Crippen LogP) is 2.18. The molecule has 3 nitrogen and oxygen atoms in total. The third-order valence-electron chi connectivity index (χ3n) is 2.32. The van der Waals surface area contributed by atoms with E-state index in [1.54, 1.807) is 13.2 Å². The molecule has 0 aliphatic carbocycles. The van der Waals surface area contributed by atoms with Crippen LogP contribution in [0.4, 0.5) is 0 Å². The Balaban J connectivity index is 2.43. The van der Waals surface area contributed by atoms with Crippen molar-refractivity contribution in [3.63, 3.8) is 0 Å². The van der Waals surface area contributed by atoms with Gasteiger partial charge in [-0.1, -0.05) is 36.4 Å². The number of carbonyl (C=O) groups is 2. The highest BCUT2D eigenvalue weighted by Gasteiger charge is 2.07. The first-order valence-electron chi connectivity index (χ1n) is 5.55. The van der Waals surface area contributed by atoms with E-state index in [1.165, 1.54) is 17.4 Å². The van der Waals surface area contributed by atoms with Crippen molar-refractivity contribution in [1.29, 1.82) is 0 Å². The normalized spacial score (nSPS) is 10.5. The summed E-state index contributed by atoms with van der Waals surface area (Å²) in [5.74, 6) is -0.292. The second kappa shape index (κ2) is 6.63. The van der Waals surface area contributed by atoms with Gasteiger partial charge in [0.15, 0.2) is 0 Å². The summed E-state index contributed by atoms with van der Waals surface area (Å²) in [6.07, 6.45) is 4.36. The van der Waals surface area contributed by atoms with Gasteiger partial charge in [0.25, 0.3) is 0 Å². The molecular weight excluding hydrogens is 214 g/mol. The molecule has 0 N–H and O–H groups in total. The number of amides is 1. The molecular formula is C14H17NO2. The highest BCUT2D eigenvalue weighted by atomic mass is 16.2. The predicted molar refractivity (Wildman–Crippen MR) is 67.4 cm³/mol. The van der Waals surface area contributed by atoms with Gasteiger partial charge in [0, 0.05) is 13.2 Å². The number of rotatable bonds is 5. The van der Waals surface area contributed by atoms with Crippen LogP contribution in [0.2, 0.25) is 0 Å². The van der Waals surface area contributed by atoms with E-state index >= 15 is 0 Å². The van der Waals surface area contributed by atoms with Gasteiger partial charge in [-0.25, -0.2) is 0 Å². The lowest BCUT2D eigenvalue weighted by atomic mass is 10.1. The smallest absolute Gasteiger partial charge is 0.233 e. The van der Waals surface area contributed by atoms with Crippen LogP contribution in [0.15, 0.2) is 42.6 Å². The van der Waals surface area contributed by atoms with Gasteiger partial charge in [0.2, 0.25) is 5.91 Å². The zero-order valence-corrected chi connectivity index (χ0v) is 10.2. The van der Waals surface area contributed by atoms with Crippen LogP contribution in [0, 0.1) is 0 Å². The third-order valence-corrected chi connectivity index (χ3v) is 2.32. The van der Waals surface area contributed by atoms with Gasteiger partial charge in [-0.05, 0) is 18.9 Å². The molecule has 0 bridgehead atoms. The molecule has 3 heteroatoms. The molecule has 0 aliphatic heterocycles. The van der Waals surface area contributed by atoms with E-state index in [2.05, 4.69) is 0 Å². The molecule has 0 unspecified atom stereocenters. The fourth-order valence-corrected chi connectivity index (χ4v) is 1.38. The van der Waals surface area contributed by atoms with Gasteiger partial charge in [-0.2, -0.15) is 0 Å². The Hall–Kier alpha value is -1.90. The lowest BCUT2D eigenvalue weighted by Crippen LogP contribution is -2.22. The number of carbonyl (C=O) groups excluding carboxylic acids is 2. The Bertz CT molecular complexity index is 409. The van der Waals surface area contributed by atoms with Crippen LogP contribution in [-0.4, -0.2) is 23.6 Å². The Morgan fingerprint density at radius 3 is 2.47 bits per heavy atom. The Morgan fingerprint density at radius 1 is 1.24 bits per heavy atom. The maximum atomic E-state index is 11.4. The van der Waals surface area contributed by atoms with Crippen LogP contribution in [0.3, 0.4) is 0 Å². The van der Waals surface area contributed by atoms with Crippen LogP contribution in [0.1, 0.15) is 18.9 Å². The summed E-state index contributed by atoms with van der Waals surface area (Å²) in [4.78, 5) is 23.7. The number of allylic oxidation sites excluding steroid dienone is 1. The molecule has 1 aromatic carbocycles. The largest absolute Gasteiger partial charge is 0.322 e. The van der Waals surface area contributed by atoms with E-state index in [4.69, 9.17) is 0 Å². The summed E-state index contributed by atoms with van der Waals surface area (Å²) >= 11 is 0. The first-order chi connectivity index (χ1) is 8.09. The lowest BCUT2D eigenvalue weighted by molar-refractivity contribution is -0.131. The fourth-order valence-electron chi connectivity index (χ4n) is 1.38. The summed E-state index contributed by atoms with van der Waals surface area (Å²) in [7, 11) is 1.66. The number of hydrogen-bond donors (Lipinski definition) is 0. The van der Waals surface area contributed by atoms with E-state index in [9.17, 15) is 9.59 Å². The summed E-state index contributed by atoms with van der Waals surface area (Å²) in [5.41, 5.74) is 1.19. The van der Waals surface area contributed by atoms with Crippen molar-refractivity contribution in [1.82, 2.24) is 4.90 Å². The van der Waals surface area contributed by atoms with Crippen molar-refractivity contribution < 1.29 is 9.59 Å². The Morgan fingerprint density at radius 2 is 1.88 bits per heavy atom. The second-order valence-electron chi connectivity index (χ2n) is 3.96. The number of ketones is 1. The number of nitrogens with zero attached hydrogens (tertiary/aromatic N) is 1. The van der Waals surface area contributed by atoms with Gasteiger partial charge in [-0.15, -0.1) is 0 Å². The molecule has 90 valence electrons. The molecule has 0 radical (unpaired) electrons. The summed E-state index contributed by atoms with van der Waals surface area (Å²) in [6.45, 7) is 1.42. The monoisotopic (exact) mass is 231 g/mol. The summed E-state index contributed by atoms with van der Waals surface area (Å²) in [5, 5.41) is 0. The molecule has 0 spiro atoms. The Labute approximate surface area is 102 Å². The molecule has 1 amide bonds. The average Bonchev–Trinajstić information content (AvgIpc) is 2.29. The fraction of sp³-hybridized carbons (Fsp3) is 0.286. The molecule has 0 aliphatic rings. The molecule has 0 heterocycles. The highest BCUT2D eigenvalue weighted by Crippen LogP contribution is 2.01. The van der Waals surface area contributed by atoms with Crippen molar-refractivity contribution in [3.8, 4) is 0 Å². The van der Waals surface area contributed by atoms with Gasteiger partial charge in [-0.3, -0.25) is 9.59 Å². The van der Waals surface area contributed by atoms with E-state index in [0.29, 0.717) is 0 Å². The first kappa shape index (κ1) is 13.2. The topological polar surface area (TPSA) is 37.4 Å². The molecule has 0 saturated carbocycles. The SMILES string of the molecule is CC(=O)CC(=O)N(C)C=CCc1ccccc1. The van der Waals surface area contributed by atoms with Crippen LogP contribution >= 0.6 is 0 Å². The molecule has 0 fully saturated rings. The minimum Gasteiger partial charge on any atom is -0.322 e.